The number of urea groups is 4. The van der Waals surface area contributed by atoms with Gasteiger partial charge in [0, 0.05) is 197 Å². The number of methoxy groups -OCH3 is 4. The van der Waals surface area contributed by atoms with Crippen molar-refractivity contribution in [2.45, 2.75) is 312 Å². The minimum Gasteiger partial charge on any atom is -0.493 e. The minimum absolute atomic E-state index is 0.00454. The van der Waals surface area contributed by atoms with Gasteiger partial charge in [-0.05, 0) is 272 Å². The second kappa shape index (κ2) is 62.7. The van der Waals surface area contributed by atoms with Crippen molar-refractivity contribution in [1.29, 1.82) is 0 Å². The largest absolute Gasteiger partial charge is 0.493 e. The molecule has 12 atom stereocenters. The Kier molecular flexibility index (Phi) is 52.2. The van der Waals surface area contributed by atoms with E-state index in [0.717, 1.165) is 213 Å². The van der Waals surface area contributed by atoms with Gasteiger partial charge in [0.2, 0.25) is 0 Å². The summed E-state index contributed by atoms with van der Waals surface area (Å²) in [5.41, 5.74) is 0.782. The topological polar surface area (TPSA) is 284 Å². The van der Waals surface area contributed by atoms with Crippen molar-refractivity contribution in [2.24, 2.45) is 47.3 Å². The Morgan fingerprint density at radius 2 is 0.863 bits per heavy atom. The molecule has 0 radical (unpaired) electrons. The van der Waals surface area contributed by atoms with Crippen LogP contribution >= 0.6 is 11.3 Å². The van der Waals surface area contributed by atoms with Gasteiger partial charge in [0.1, 0.15) is 17.4 Å². The number of nitrogens with zero attached hydrogens (tertiary/aromatic N) is 4. The van der Waals surface area contributed by atoms with Crippen molar-refractivity contribution >= 4 is 45.5 Å². The Hall–Kier alpha value is -6.86. The van der Waals surface area contributed by atoms with E-state index in [4.69, 9.17) is 23.7 Å². The van der Waals surface area contributed by atoms with Crippen molar-refractivity contribution < 1.29 is 67.0 Å². The Balaban J connectivity index is 0.000000207. The van der Waals surface area contributed by atoms with E-state index in [1.54, 1.807) is 64.0 Å². The van der Waals surface area contributed by atoms with Gasteiger partial charge < -0.3 is 101 Å². The van der Waals surface area contributed by atoms with Gasteiger partial charge in [-0.15, -0.1) is 11.3 Å². The molecule has 139 heavy (non-hydrogen) atoms. The summed E-state index contributed by atoms with van der Waals surface area (Å²) in [6.07, 6.45) is 37.8. The number of piperidine rings is 4. The second-order valence-corrected chi connectivity index (χ2v) is 43.1. The molecule has 7 aliphatic rings. The standard InChI is InChI=1S/C29H48FN3O2.C28H46FN3O3.C28H47N3O4.C27H43N3O3S/c1-22-14-15-28(30)27(18-22)26(13-7-8-17-35-3)24-12-9-16-33(21-24)29(34)32-25(20-31-2)19-23-10-5-4-6-11-23;1-30-20-24(19-22-11-4-3-5-12-22)31-27(33)32-17-10-13-23(21-32)28(34,16-8-9-18-35-2)25-14-6-7-15-26(25)29;1-22(19-29-2)30-27(32)31-17-10-13-24(20-31)28(33,16-8-9-18-34-3)25-14-6-7-15-26(25)35-21-23-11-4-5-12-23;1-20(2)17-23(18-28-3)29-26(31)30-14-8-10-22(19-30)27(32,13-5-6-15-33-4)24-11-7-9-21-12-16-34-25(21)24/h14-15,18,23-26,31H,4-13,16-17,19-21H2,1-3H3,(H,32,34);6-7,14-15,22-24,30,34H,3-5,8-13,16-21H2,1-2H3,(H,31,33);6-7,14-15,22-24,29,33H,4-5,8-13,16-21H2,1-3H3,(H,30,32);7,9,11-12,16,20,22-23,28,32H,5-6,8,10,13-15,17-19H2,1-4H3,(H,29,31)/t24-,25?,26-;23-,24+,28+;22-,24+,28-;22-,23+,27+/m1101/s1. The molecular formula is C112H184F2N12O12S. The molecule has 4 saturated heterocycles. The second-order valence-electron chi connectivity index (χ2n) is 42.2. The van der Waals surface area contributed by atoms with Crippen LogP contribution in [-0.2, 0) is 35.8 Å². The number of thiophene rings is 1. The molecule has 12 rings (SSSR count). The average molecular weight is 1960 g/mol. The predicted octanol–water partition coefficient (Wildman–Crippen LogP) is 20.1. The monoisotopic (exact) mass is 1960 g/mol. The zero-order valence-corrected chi connectivity index (χ0v) is 88.2. The van der Waals surface area contributed by atoms with Gasteiger partial charge in [-0.25, -0.2) is 28.0 Å². The number of likely N-dealkylation sites (N-methyl/N-ethyl adjacent to an activating group) is 4. The van der Waals surface area contributed by atoms with Crippen LogP contribution in [0.25, 0.3) is 10.1 Å². The SMILES string of the molecule is CNCC(CC1CCCCC1)NC(=O)N1CCC[C@@H]([C@@H](CCCCOC)c2cc(C)ccc2F)C1.CNC[C@H](C)NC(=O)N1CCC[C@@H]([C@@](O)(CCCCOC)c2ccccc2OCC2CCCC2)C1.CNC[C@H](CC(C)C)NC(=O)N1CCC[C@@H]([C@@](O)(CCCCOC)c2cccc3ccsc23)C1.CNC[C@H](CC1CCCCC1)NC(=O)N1CCC[C@@H]([C@@](O)(CCCCOC)c2ccccc2F)C1. The van der Waals surface area contributed by atoms with Crippen LogP contribution in [0.2, 0.25) is 0 Å². The van der Waals surface area contributed by atoms with Crippen LogP contribution < -0.4 is 47.3 Å². The number of hydrogen-bond donors (Lipinski definition) is 11. The molecule has 0 spiro atoms. The van der Waals surface area contributed by atoms with Gasteiger partial charge in [-0.2, -0.15) is 0 Å². The maximum absolute atomic E-state index is 15.0. The average Bonchev–Trinajstić information content (AvgIpc) is 1.68. The number of para-hydroxylation sites is 1. The molecular weight excluding hydrogens is 1780 g/mol. The highest BCUT2D eigenvalue weighted by molar-refractivity contribution is 7.17. The van der Waals surface area contributed by atoms with Crippen LogP contribution in [0.5, 0.6) is 5.75 Å². The number of fused-ring (bicyclic) bond motifs is 1. The summed E-state index contributed by atoms with van der Waals surface area (Å²) in [5.74, 6) is 2.91. The Morgan fingerprint density at radius 3 is 1.36 bits per heavy atom. The van der Waals surface area contributed by atoms with E-state index in [2.05, 4.69) is 80.0 Å². The molecule has 11 N–H and O–H groups in total. The fraction of sp³-hybridized carbons (Fsp3) is 0.732. The number of unbranched alkanes of at least 4 members (excludes halogenated alkanes) is 4. The van der Waals surface area contributed by atoms with E-state index in [0.29, 0.717) is 108 Å². The number of carbonyl (C=O) groups is 4. The molecule has 4 aliphatic heterocycles. The number of benzene rings is 4. The van der Waals surface area contributed by atoms with Crippen LogP contribution in [0.4, 0.5) is 28.0 Å². The van der Waals surface area contributed by atoms with Crippen molar-refractivity contribution in [3.63, 3.8) is 0 Å². The third kappa shape index (κ3) is 37.0. The highest BCUT2D eigenvalue weighted by atomic mass is 32.1. The normalized spacial score (nSPS) is 21.0. The zero-order chi connectivity index (χ0) is 99.8. The van der Waals surface area contributed by atoms with Gasteiger partial charge in [-0.3, -0.25) is 0 Å². The first kappa shape index (κ1) is 116. The molecule has 24 nitrogen and oxygen atoms in total. The lowest BCUT2D eigenvalue weighted by atomic mass is 9.73. The van der Waals surface area contributed by atoms with Gasteiger partial charge in [0.05, 0.1) is 23.4 Å². The summed E-state index contributed by atoms with van der Waals surface area (Å²) in [4.78, 5) is 60.5. The molecule has 8 amide bonds. The zero-order valence-electron chi connectivity index (χ0n) is 87.4. The van der Waals surface area contributed by atoms with E-state index < -0.39 is 16.8 Å². The van der Waals surface area contributed by atoms with Crippen LogP contribution in [0, 0.1) is 65.9 Å². The minimum atomic E-state index is -1.31. The van der Waals surface area contributed by atoms with Crippen molar-refractivity contribution in [2.75, 3.05) is 168 Å². The van der Waals surface area contributed by atoms with Crippen LogP contribution in [0.1, 0.15) is 292 Å². The van der Waals surface area contributed by atoms with E-state index in [1.165, 1.54) is 101 Å². The van der Waals surface area contributed by atoms with Gasteiger partial charge in [0.15, 0.2) is 0 Å². The number of rotatable bonds is 49. The number of hydrogen-bond acceptors (Lipinski definition) is 17. The number of halogens is 2. The van der Waals surface area contributed by atoms with Gasteiger partial charge >= 0.3 is 24.1 Å². The van der Waals surface area contributed by atoms with Crippen LogP contribution in [0.3, 0.4) is 0 Å². The number of aliphatic hydroxyl groups is 3. The number of ether oxygens (including phenoxy) is 5. The van der Waals surface area contributed by atoms with E-state index in [1.807, 2.05) is 104 Å². The first-order valence-corrected chi connectivity index (χ1v) is 54.9. The lowest BCUT2D eigenvalue weighted by Crippen LogP contribution is -2.54. The lowest BCUT2D eigenvalue weighted by molar-refractivity contribution is -0.0589. The van der Waals surface area contributed by atoms with E-state index in [-0.39, 0.29) is 89.5 Å². The highest BCUT2D eigenvalue weighted by Crippen LogP contribution is 2.48. The summed E-state index contributed by atoms with van der Waals surface area (Å²) >= 11 is 1.69. The molecule has 4 aromatic carbocycles. The Bertz CT molecular complexity index is 4270. The molecule has 5 aromatic rings. The quantitative estimate of drug-likeness (QED) is 0.0161. The summed E-state index contributed by atoms with van der Waals surface area (Å²) in [6.45, 7) is 20.0. The number of carbonyl (C=O) groups excluding carboxylic acids is 4. The third-order valence-electron chi connectivity index (χ3n) is 30.8. The van der Waals surface area contributed by atoms with E-state index in [9.17, 15) is 43.3 Å². The summed E-state index contributed by atoms with van der Waals surface area (Å²) in [5, 5.41) is 65.6. The fourth-order valence-corrected chi connectivity index (χ4v) is 24.5. The molecule has 0 bridgehead atoms. The number of nitrogens with one attached hydrogen (secondary N) is 8. The fourth-order valence-electron chi connectivity index (χ4n) is 23.5. The summed E-state index contributed by atoms with van der Waals surface area (Å²) in [7, 11) is 14.5. The van der Waals surface area contributed by atoms with Crippen LogP contribution in [-0.4, -0.2) is 251 Å². The number of aryl methyl sites for hydroxylation is 1. The lowest BCUT2D eigenvalue weighted by Gasteiger charge is -2.43. The molecule has 3 saturated carbocycles. The van der Waals surface area contributed by atoms with Crippen molar-refractivity contribution in [3.8, 4) is 5.75 Å². The smallest absolute Gasteiger partial charge is 0.317 e. The maximum atomic E-state index is 15.0. The molecule has 7 fully saturated rings. The third-order valence-corrected chi connectivity index (χ3v) is 31.8. The molecule has 5 heterocycles. The van der Waals surface area contributed by atoms with Gasteiger partial charge in [0.25, 0.3) is 0 Å². The Labute approximate surface area is 839 Å². The molecule has 3 aliphatic carbocycles. The first-order valence-electron chi connectivity index (χ1n) is 54.0. The maximum Gasteiger partial charge on any atom is 0.317 e. The molecule has 27 heteroatoms. The molecule has 1 unspecified atom stereocenters. The van der Waals surface area contributed by atoms with E-state index >= 15 is 0 Å². The van der Waals surface area contributed by atoms with Gasteiger partial charge in [-0.1, -0.05) is 170 Å². The Morgan fingerprint density at radius 1 is 0.439 bits per heavy atom. The van der Waals surface area contributed by atoms with Crippen LogP contribution in [0.15, 0.2) is 96.4 Å². The molecule has 784 valence electrons. The van der Waals surface area contributed by atoms with Crippen molar-refractivity contribution in [3.05, 3.63) is 136 Å². The predicted molar refractivity (Wildman–Crippen MR) is 560 cm³/mol. The highest BCUT2D eigenvalue weighted by Gasteiger charge is 2.47. The first-order chi connectivity index (χ1) is 67.3. The molecule has 1 aromatic heterocycles. The number of likely N-dealkylation sites (tertiary alicyclic amines) is 4. The van der Waals surface area contributed by atoms with Crippen molar-refractivity contribution in [1.82, 2.24) is 62.1 Å². The summed E-state index contributed by atoms with van der Waals surface area (Å²) < 4.78 is 58.3. The summed E-state index contributed by atoms with van der Waals surface area (Å²) in [6, 6.07) is 28.7. The number of amides is 8.